The Morgan fingerprint density at radius 1 is 1.62 bits per heavy atom. The van der Waals surface area contributed by atoms with E-state index in [1.54, 1.807) is 7.05 Å². The molecule has 0 radical (unpaired) electrons. The first kappa shape index (κ1) is 13.7. The molecule has 1 aromatic rings. The highest BCUT2D eigenvalue weighted by atomic mass is 79.9. The zero-order chi connectivity index (χ0) is 12.3. The van der Waals surface area contributed by atoms with Gasteiger partial charge in [-0.15, -0.1) is 0 Å². The second kappa shape index (κ2) is 5.29. The van der Waals surface area contributed by atoms with Gasteiger partial charge in [-0.25, -0.2) is 13.4 Å². The zero-order valence-corrected chi connectivity index (χ0v) is 12.0. The minimum atomic E-state index is -3.44. The Balaban J connectivity index is 2.92. The predicted molar refractivity (Wildman–Crippen MR) is 66.2 cm³/mol. The van der Waals surface area contributed by atoms with Crippen molar-refractivity contribution >= 4 is 26.0 Å². The molecule has 0 aliphatic heterocycles. The molecule has 0 aromatic carbocycles. The van der Waals surface area contributed by atoms with E-state index in [2.05, 4.69) is 25.9 Å². The van der Waals surface area contributed by atoms with Crippen molar-refractivity contribution in [1.29, 1.82) is 0 Å². The van der Waals surface area contributed by atoms with E-state index in [0.717, 1.165) is 0 Å². The van der Waals surface area contributed by atoms with Crippen LogP contribution < -0.4 is 0 Å². The maximum atomic E-state index is 12.0. The van der Waals surface area contributed by atoms with E-state index in [-0.39, 0.29) is 9.85 Å². The smallest absolute Gasteiger partial charge is 0.259 e. The summed E-state index contributed by atoms with van der Waals surface area (Å²) in [6.45, 7) is 4.23. The van der Waals surface area contributed by atoms with Gasteiger partial charge in [-0.1, -0.05) is 29.8 Å². The first-order valence-electron chi connectivity index (χ1n) is 5.02. The minimum absolute atomic E-state index is 0.112. The van der Waals surface area contributed by atoms with Crippen molar-refractivity contribution in [1.82, 2.24) is 14.3 Å². The molecule has 16 heavy (non-hydrogen) atoms. The molecule has 1 rings (SSSR count). The number of alkyl halides is 1. The molecular weight excluding hydrogens is 294 g/mol. The molecule has 0 fully saturated rings. The number of rotatable bonds is 5. The van der Waals surface area contributed by atoms with Gasteiger partial charge in [0.25, 0.3) is 10.0 Å². The average molecular weight is 310 g/mol. The molecular formula is C9H16BrN3O2S. The number of nitrogens with one attached hydrogen (secondary N) is 1. The van der Waals surface area contributed by atoms with Crippen LogP contribution in [0.15, 0.2) is 11.2 Å². The maximum Gasteiger partial charge on any atom is 0.259 e. The van der Waals surface area contributed by atoms with Gasteiger partial charge in [0.05, 0.1) is 6.20 Å². The number of hydrogen-bond donors (Lipinski definition) is 1. The summed E-state index contributed by atoms with van der Waals surface area (Å²) in [5.74, 6) is 0.680. The number of halogens is 1. The number of aryl methyl sites for hydroxylation is 1. The zero-order valence-electron chi connectivity index (χ0n) is 9.57. The fraction of sp³-hybridized carbons (Fsp3) is 0.667. The molecule has 1 atom stereocenters. The van der Waals surface area contributed by atoms with Crippen LogP contribution in [0.3, 0.4) is 0 Å². The van der Waals surface area contributed by atoms with Gasteiger partial charge >= 0.3 is 0 Å². The summed E-state index contributed by atoms with van der Waals surface area (Å²) >= 11 is 3.33. The molecule has 7 heteroatoms. The second-order valence-corrected chi connectivity index (χ2v) is 7.19. The monoisotopic (exact) mass is 309 g/mol. The van der Waals surface area contributed by atoms with Crippen LogP contribution in [-0.4, -0.2) is 41.1 Å². The number of aromatic nitrogens is 2. The Bertz CT molecular complexity index is 441. The quantitative estimate of drug-likeness (QED) is 0.836. The maximum absolute atomic E-state index is 12.0. The number of sulfonamides is 1. The molecule has 0 amide bonds. The van der Waals surface area contributed by atoms with Crippen LogP contribution in [0.4, 0.5) is 0 Å². The summed E-state index contributed by atoms with van der Waals surface area (Å²) in [5, 5.41) is 0.153. The molecule has 0 saturated carbocycles. The number of nitrogens with zero attached hydrogens (tertiary/aromatic N) is 2. The van der Waals surface area contributed by atoms with Crippen LogP contribution in [0.2, 0.25) is 0 Å². The van der Waals surface area contributed by atoms with Crippen molar-refractivity contribution in [2.45, 2.75) is 30.1 Å². The number of aromatic amines is 1. The molecule has 0 saturated heterocycles. The van der Waals surface area contributed by atoms with Crippen molar-refractivity contribution < 1.29 is 8.42 Å². The third-order valence-corrected chi connectivity index (χ3v) is 4.16. The summed E-state index contributed by atoms with van der Waals surface area (Å²) < 4.78 is 25.4. The summed E-state index contributed by atoms with van der Waals surface area (Å²) in [6, 6.07) is 0. The summed E-state index contributed by atoms with van der Waals surface area (Å²) in [7, 11) is -1.88. The van der Waals surface area contributed by atoms with Crippen molar-refractivity contribution in [2.75, 3.05) is 13.6 Å². The first-order chi connectivity index (χ1) is 7.37. The van der Waals surface area contributed by atoms with Gasteiger partial charge in [0.15, 0.2) is 5.03 Å². The lowest BCUT2D eigenvalue weighted by Gasteiger charge is -2.16. The van der Waals surface area contributed by atoms with E-state index in [1.807, 2.05) is 13.8 Å². The number of imidazole rings is 1. The molecule has 1 N–H and O–H groups in total. The van der Waals surface area contributed by atoms with Crippen LogP contribution in [0, 0.1) is 0 Å². The van der Waals surface area contributed by atoms with Gasteiger partial charge in [-0.3, -0.25) is 0 Å². The average Bonchev–Trinajstić information content (AvgIpc) is 2.65. The number of H-pyrrole nitrogens is 1. The van der Waals surface area contributed by atoms with Gasteiger partial charge in [0.2, 0.25) is 0 Å². The van der Waals surface area contributed by atoms with E-state index >= 15 is 0 Å². The lowest BCUT2D eigenvalue weighted by Crippen LogP contribution is -2.31. The highest BCUT2D eigenvalue weighted by molar-refractivity contribution is 9.09. The third-order valence-electron chi connectivity index (χ3n) is 2.14. The largest absolute Gasteiger partial charge is 0.332 e. The second-order valence-electron chi connectivity index (χ2n) is 3.61. The molecule has 92 valence electrons. The van der Waals surface area contributed by atoms with Crippen LogP contribution >= 0.6 is 15.9 Å². The lowest BCUT2D eigenvalue weighted by molar-refractivity contribution is 0.471. The normalized spacial score (nSPS) is 14.3. The highest BCUT2D eigenvalue weighted by Crippen LogP contribution is 2.13. The molecule has 1 aromatic heterocycles. The molecule has 5 nitrogen and oxygen atoms in total. The Morgan fingerprint density at radius 3 is 2.69 bits per heavy atom. The van der Waals surface area contributed by atoms with Gasteiger partial charge in [0, 0.05) is 24.8 Å². The number of hydrogen-bond acceptors (Lipinski definition) is 3. The van der Waals surface area contributed by atoms with Crippen LogP contribution in [0.1, 0.15) is 19.7 Å². The van der Waals surface area contributed by atoms with E-state index in [0.29, 0.717) is 18.8 Å². The van der Waals surface area contributed by atoms with Crippen molar-refractivity contribution in [3.8, 4) is 0 Å². The first-order valence-corrected chi connectivity index (χ1v) is 7.37. The van der Waals surface area contributed by atoms with Gasteiger partial charge < -0.3 is 4.98 Å². The highest BCUT2D eigenvalue weighted by Gasteiger charge is 2.23. The minimum Gasteiger partial charge on any atom is -0.332 e. The van der Waals surface area contributed by atoms with Crippen molar-refractivity contribution in [3.05, 3.63) is 12.0 Å². The topological polar surface area (TPSA) is 66.1 Å². The van der Waals surface area contributed by atoms with Crippen LogP contribution in [0.5, 0.6) is 0 Å². The van der Waals surface area contributed by atoms with Crippen molar-refractivity contribution in [2.24, 2.45) is 0 Å². The van der Waals surface area contributed by atoms with Gasteiger partial charge in [-0.05, 0) is 0 Å². The lowest BCUT2D eigenvalue weighted by atomic mass is 10.5. The standard InChI is InChI=1S/C9H16BrN3O2S/c1-4-8-11-5-9(12-8)16(14,15)13(3)6-7(2)10/h5,7H,4,6H2,1-3H3,(H,11,12). The Labute approximate surface area is 104 Å². The van der Waals surface area contributed by atoms with E-state index in [4.69, 9.17) is 0 Å². The van der Waals surface area contributed by atoms with Crippen molar-refractivity contribution in [3.63, 3.8) is 0 Å². The molecule has 1 heterocycles. The summed E-state index contributed by atoms with van der Waals surface area (Å²) in [5.41, 5.74) is 0. The van der Waals surface area contributed by atoms with E-state index in [1.165, 1.54) is 10.5 Å². The Morgan fingerprint density at radius 2 is 2.25 bits per heavy atom. The van der Waals surface area contributed by atoms with E-state index in [9.17, 15) is 8.42 Å². The van der Waals surface area contributed by atoms with Gasteiger partial charge in [-0.2, -0.15) is 4.31 Å². The molecule has 0 bridgehead atoms. The molecule has 1 unspecified atom stereocenters. The Hall–Kier alpha value is -0.400. The summed E-state index contributed by atoms with van der Waals surface area (Å²) in [4.78, 5) is 6.90. The Kier molecular flexibility index (Phi) is 4.52. The van der Waals surface area contributed by atoms with E-state index < -0.39 is 10.0 Å². The predicted octanol–water partition coefficient (Wildman–Crippen LogP) is 1.38. The molecule has 0 aliphatic carbocycles. The van der Waals surface area contributed by atoms with Crippen LogP contribution in [-0.2, 0) is 16.4 Å². The molecule has 0 aliphatic rings. The fourth-order valence-electron chi connectivity index (χ4n) is 1.27. The summed E-state index contributed by atoms with van der Waals surface area (Å²) in [6.07, 6.45) is 2.05. The fourth-order valence-corrected chi connectivity index (χ4v) is 3.09. The van der Waals surface area contributed by atoms with Crippen LogP contribution in [0.25, 0.3) is 0 Å². The third kappa shape index (κ3) is 3.05. The van der Waals surface area contributed by atoms with Gasteiger partial charge in [0.1, 0.15) is 5.82 Å². The SMILES string of the molecule is CCc1ncc(S(=O)(=O)N(C)CC(C)Br)[nH]1. The molecule has 0 spiro atoms.